The van der Waals surface area contributed by atoms with Crippen molar-refractivity contribution in [3.63, 3.8) is 0 Å². The molecule has 0 saturated heterocycles. The van der Waals surface area contributed by atoms with Crippen molar-refractivity contribution in [2.45, 2.75) is 83.3 Å². The summed E-state index contributed by atoms with van der Waals surface area (Å²) in [5.74, 6) is -0.591. The number of nitrogens with two attached hydrogens (primary N) is 1. The molecule has 11 nitrogen and oxygen atoms in total. The van der Waals surface area contributed by atoms with Gasteiger partial charge < -0.3 is 30.8 Å². The summed E-state index contributed by atoms with van der Waals surface area (Å²) in [5, 5.41) is 8.26. The van der Waals surface area contributed by atoms with Gasteiger partial charge in [0.1, 0.15) is 23.6 Å². The van der Waals surface area contributed by atoms with Crippen LogP contribution in [-0.2, 0) is 32.0 Å². The third-order valence-electron chi connectivity index (χ3n) is 6.71. The van der Waals surface area contributed by atoms with Crippen LogP contribution in [0.3, 0.4) is 0 Å². The second kappa shape index (κ2) is 14.9. The van der Waals surface area contributed by atoms with Crippen LogP contribution in [0.1, 0.15) is 63.7 Å². The summed E-state index contributed by atoms with van der Waals surface area (Å²) in [6.07, 6.45) is 7.93. The molecule has 40 heavy (non-hydrogen) atoms. The Bertz CT molecular complexity index is 1210. The average molecular weight is 554 g/mol. The smallest absolute Gasteiger partial charge is 0.292 e. The molecule has 1 aliphatic carbocycles. The molecule has 0 fully saturated rings. The van der Waals surface area contributed by atoms with Crippen molar-refractivity contribution >= 4 is 29.5 Å². The molecule has 0 bridgehead atoms. The zero-order valence-corrected chi connectivity index (χ0v) is 23.3. The molecule has 0 radical (unpaired) electrons. The standard InChI is InChI=1S/C29H39N5O6/c1-4-7-25(35)23(14-19-8-5-6-9-19)33-28(38)24(15-20-10-12-21(39-3)13-11-20)34-27(37)18(2)32-26(36)16-22-17-31-29(30)40-22/h8,10-13,17-18,23-24H,4-7,9,14-16H2,1-3H3,(H2,30,31)(H,32,36)(H,33,38)(H,34,37). The molecule has 216 valence electrons. The summed E-state index contributed by atoms with van der Waals surface area (Å²) in [7, 11) is 1.56. The molecular weight excluding hydrogens is 514 g/mol. The zero-order valence-electron chi connectivity index (χ0n) is 23.3. The number of ketones is 1. The van der Waals surface area contributed by atoms with Crippen LogP contribution in [0.5, 0.6) is 5.75 Å². The lowest BCUT2D eigenvalue weighted by Crippen LogP contribution is -2.56. The largest absolute Gasteiger partial charge is 0.497 e. The van der Waals surface area contributed by atoms with Gasteiger partial charge in [0.25, 0.3) is 6.01 Å². The molecule has 1 aromatic heterocycles. The van der Waals surface area contributed by atoms with E-state index in [1.165, 1.54) is 13.1 Å². The van der Waals surface area contributed by atoms with Gasteiger partial charge in [-0.1, -0.05) is 30.7 Å². The van der Waals surface area contributed by atoms with Crippen molar-refractivity contribution in [3.8, 4) is 5.75 Å². The predicted molar refractivity (Wildman–Crippen MR) is 149 cm³/mol. The number of nitrogens with zero attached hydrogens (tertiary/aromatic N) is 1. The number of nitrogen functional groups attached to an aromatic ring is 1. The monoisotopic (exact) mass is 553 g/mol. The summed E-state index contributed by atoms with van der Waals surface area (Å²) in [6, 6.07) is 4.51. The Morgan fingerprint density at radius 1 is 1.05 bits per heavy atom. The molecule has 3 amide bonds. The third kappa shape index (κ3) is 9.25. The number of nitrogens with one attached hydrogen (secondary N) is 3. The second-order valence-electron chi connectivity index (χ2n) is 9.98. The maximum absolute atomic E-state index is 13.5. The van der Waals surface area contributed by atoms with Crippen LogP contribution >= 0.6 is 0 Å². The minimum Gasteiger partial charge on any atom is -0.497 e. The maximum atomic E-state index is 13.5. The van der Waals surface area contributed by atoms with Crippen molar-refractivity contribution in [3.05, 3.63) is 53.4 Å². The molecule has 1 heterocycles. The molecule has 0 spiro atoms. The van der Waals surface area contributed by atoms with Crippen molar-refractivity contribution in [1.82, 2.24) is 20.9 Å². The van der Waals surface area contributed by atoms with Gasteiger partial charge in [0.2, 0.25) is 17.7 Å². The summed E-state index contributed by atoms with van der Waals surface area (Å²) >= 11 is 0. The van der Waals surface area contributed by atoms with E-state index in [1.807, 2.05) is 19.1 Å². The van der Waals surface area contributed by atoms with E-state index in [0.717, 1.165) is 30.4 Å². The van der Waals surface area contributed by atoms with Gasteiger partial charge in [0, 0.05) is 12.8 Å². The van der Waals surface area contributed by atoms with Gasteiger partial charge in [0.05, 0.1) is 25.8 Å². The summed E-state index contributed by atoms with van der Waals surface area (Å²) < 4.78 is 10.3. The molecule has 11 heteroatoms. The molecule has 1 aliphatic rings. The fraction of sp³-hybridized carbons (Fsp3) is 0.483. The van der Waals surface area contributed by atoms with Crippen LogP contribution in [0, 0.1) is 0 Å². The van der Waals surface area contributed by atoms with E-state index in [1.54, 1.807) is 19.2 Å². The number of carbonyl (C=O) groups excluding carboxylic acids is 4. The number of anilines is 1. The number of oxazole rings is 1. The van der Waals surface area contributed by atoms with Gasteiger partial charge in [-0.15, -0.1) is 0 Å². The quantitative estimate of drug-likeness (QED) is 0.244. The Kier molecular flexibility index (Phi) is 11.3. The molecule has 3 rings (SSSR count). The highest BCUT2D eigenvalue weighted by Gasteiger charge is 2.29. The van der Waals surface area contributed by atoms with Crippen LogP contribution in [0.2, 0.25) is 0 Å². The molecular formula is C29H39N5O6. The van der Waals surface area contributed by atoms with Crippen molar-refractivity contribution < 1.29 is 28.3 Å². The molecule has 5 N–H and O–H groups in total. The van der Waals surface area contributed by atoms with Crippen molar-refractivity contribution in [2.75, 3.05) is 12.8 Å². The molecule has 3 atom stereocenters. The lowest BCUT2D eigenvalue weighted by atomic mass is 9.98. The van der Waals surface area contributed by atoms with Gasteiger partial charge in [-0.25, -0.2) is 4.98 Å². The fourth-order valence-corrected chi connectivity index (χ4v) is 4.55. The van der Waals surface area contributed by atoms with Gasteiger partial charge in [0.15, 0.2) is 5.78 Å². The number of rotatable bonds is 15. The number of amides is 3. The van der Waals surface area contributed by atoms with Gasteiger partial charge in [-0.2, -0.15) is 0 Å². The average Bonchev–Trinajstić information content (AvgIpc) is 3.59. The van der Waals surface area contributed by atoms with E-state index in [-0.39, 0.29) is 30.4 Å². The Labute approximate surface area is 234 Å². The highest BCUT2D eigenvalue weighted by molar-refractivity contribution is 5.95. The SMILES string of the molecule is CCCC(=O)C(CC1=CCCC1)NC(=O)C(Cc1ccc(OC)cc1)NC(=O)C(C)NC(=O)Cc1cnc(N)o1. The Morgan fingerprint density at radius 3 is 2.38 bits per heavy atom. The molecule has 3 unspecified atom stereocenters. The number of carbonyl (C=O) groups is 4. The summed E-state index contributed by atoms with van der Waals surface area (Å²) in [4.78, 5) is 55.7. The first-order valence-electron chi connectivity index (χ1n) is 13.6. The number of Topliss-reactive ketones (excluding diaryl/α,β-unsaturated/α-hetero) is 1. The Morgan fingerprint density at radius 2 is 1.77 bits per heavy atom. The van der Waals surface area contributed by atoms with Gasteiger partial charge in [-0.3, -0.25) is 19.2 Å². The fourth-order valence-electron chi connectivity index (χ4n) is 4.55. The zero-order chi connectivity index (χ0) is 29.1. The van der Waals surface area contributed by atoms with Crippen molar-refractivity contribution in [1.29, 1.82) is 0 Å². The van der Waals surface area contributed by atoms with Crippen LogP contribution in [0.4, 0.5) is 6.01 Å². The highest BCUT2D eigenvalue weighted by Crippen LogP contribution is 2.23. The first kappa shape index (κ1) is 30.4. The lowest BCUT2D eigenvalue weighted by molar-refractivity contribution is -0.133. The predicted octanol–water partition coefficient (Wildman–Crippen LogP) is 2.39. The highest BCUT2D eigenvalue weighted by atomic mass is 16.5. The molecule has 0 saturated carbocycles. The van der Waals surface area contributed by atoms with E-state index < -0.39 is 35.8 Å². The molecule has 2 aromatic rings. The van der Waals surface area contributed by atoms with E-state index in [0.29, 0.717) is 25.0 Å². The summed E-state index contributed by atoms with van der Waals surface area (Å²) in [6.45, 7) is 3.44. The number of aromatic nitrogens is 1. The molecule has 0 aliphatic heterocycles. The summed E-state index contributed by atoms with van der Waals surface area (Å²) in [5.41, 5.74) is 7.39. The number of allylic oxidation sites excluding steroid dienone is 1. The van der Waals surface area contributed by atoms with Crippen LogP contribution in [0.15, 0.2) is 46.5 Å². The Balaban J connectivity index is 1.72. The minimum atomic E-state index is -0.983. The first-order chi connectivity index (χ1) is 19.2. The van der Waals surface area contributed by atoms with Crippen molar-refractivity contribution in [2.24, 2.45) is 0 Å². The Hall–Kier alpha value is -4.15. The van der Waals surface area contributed by atoms with Crippen LogP contribution < -0.4 is 26.4 Å². The van der Waals surface area contributed by atoms with Gasteiger partial charge in [-0.05, 0) is 56.7 Å². The number of ether oxygens (including phenoxy) is 1. The van der Waals surface area contributed by atoms with Gasteiger partial charge >= 0.3 is 0 Å². The number of hydrogen-bond acceptors (Lipinski definition) is 8. The van der Waals surface area contributed by atoms with Crippen LogP contribution in [0.25, 0.3) is 0 Å². The number of methoxy groups -OCH3 is 1. The van der Waals surface area contributed by atoms with E-state index in [9.17, 15) is 19.2 Å². The van der Waals surface area contributed by atoms with E-state index >= 15 is 0 Å². The topological polar surface area (TPSA) is 166 Å². The third-order valence-corrected chi connectivity index (χ3v) is 6.71. The first-order valence-corrected chi connectivity index (χ1v) is 13.6. The maximum Gasteiger partial charge on any atom is 0.292 e. The van der Waals surface area contributed by atoms with E-state index in [4.69, 9.17) is 14.9 Å². The minimum absolute atomic E-state index is 0.0353. The second-order valence-corrected chi connectivity index (χ2v) is 9.98. The number of hydrogen-bond donors (Lipinski definition) is 4. The van der Waals surface area contributed by atoms with E-state index in [2.05, 4.69) is 27.0 Å². The molecule has 1 aromatic carbocycles. The van der Waals surface area contributed by atoms with Crippen LogP contribution in [-0.4, -0.2) is 53.7 Å². The lowest BCUT2D eigenvalue weighted by Gasteiger charge is -2.25. The number of benzene rings is 1. The normalized spacial score (nSPS) is 14.9.